The van der Waals surface area contributed by atoms with Crippen LogP contribution in [0.1, 0.15) is 158 Å². The Morgan fingerprint density at radius 1 is 0.600 bits per heavy atom. The van der Waals surface area contributed by atoms with Gasteiger partial charge < -0.3 is 0 Å². The van der Waals surface area contributed by atoms with Gasteiger partial charge >= 0.3 is 239 Å². The van der Waals surface area contributed by atoms with E-state index in [1.54, 1.807) is 44.5 Å². The minimum absolute atomic E-state index is 0. The van der Waals surface area contributed by atoms with Gasteiger partial charge in [-0.2, -0.15) is 0 Å². The molecule has 2 aromatic rings. The van der Waals surface area contributed by atoms with Crippen LogP contribution in [0.2, 0.25) is 9.26 Å². The van der Waals surface area contributed by atoms with Crippen LogP contribution in [0.25, 0.3) is 12.2 Å². The van der Waals surface area contributed by atoms with E-state index in [0.717, 1.165) is 12.8 Å². The molecule has 2 aromatic carbocycles. The molecule has 40 heavy (non-hydrogen) atoms. The summed E-state index contributed by atoms with van der Waals surface area (Å²) in [7, 11) is 0. The molecule has 2 atom stereocenters. The molecule has 4 rings (SSSR count). The Balaban J connectivity index is 0.00000280. The van der Waals surface area contributed by atoms with Crippen LogP contribution < -0.4 is 0 Å². The quantitative estimate of drug-likeness (QED) is 0.244. The molecular formula is C36H56Cl2SiZr. The summed E-state index contributed by atoms with van der Waals surface area (Å²) < 4.78 is 6.87. The van der Waals surface area contributed by atoms with E-state index in [9.17, 15) is 0 Å². The first-order chi connectivity index (χ1) is 17.6. The Morgan fingerprint density at radius 3 is 1.18 bits per heavy atom. The van der Waals surface area contributed by atoms with Crippen molar-refractivity contribution in [2.75, 3.05) is 0 Å². The van der Waals surface area contributed by atoms with Crippen LogP contribution in [-0.2, 0) is 17.4 Å². The second-order valence-corrected chi connectivity index (χ2v) is 45.3. The average molecular weight is 679 g/mol. The van der Waals surface area contributed by atoms with Gasteiger partial charge in [0.25, 0.3) is 0 Å². The van der Waals surface area contributed by atoms with Crippen molar-refractivity contribution in [3.05, 3.63) is 79.9 Å². The normalized spacial score (nSPS) is 18.5. The number of benzene rings is 2. The van der Waals surface area contributed by atoms with Crippen LogP contribution in [0, 0.1) is 0 Å². The van der Waals surface area contributed by atoms with E-state index < -0.39 is 17.4 Å². The van der Waals surface area contributed by atoms with Crippen LogP contribution in [0.3, 0.4) is 0 Å². The van der Waals surface area contributed by atoms with Crippen molar-refractivity contribution in [1.29, 1.82) is 0 Å². The molecule has 0 aromatic heterocycles. The number of hydrogen-bond acceptors (Lipinski definition) is 0. The summed E-state index contributed by atoms with van der Waals surface area (Å²) in [5.74, 6) is 2.20. The van der Waals surface area contributed by atoms with E-state index in [2.05, 4.69) is 122 Å². The average Bonchev–Trinajstić information content (AvgIpc) is 3.41. The topological polar surface area (TPSA) is 0 Å². The van der Waals surface area contributed by atoms with E-state index in [-0.39, 0.29) is 24.8 Å². The molecule has 2 aliphatic carbocycles. The molecule has 0 amide bonds. The van der Waals surface area contributed by atoms with Crippen molar-refractivity contribution >= 4 is 43.8 Å². The minimum atomic E-state index is -3.55. The fourth-order valence-corrected chi connectivity index (χ4v) is 28.0. The van der Waals surface area contributed by atoms with Gasteiger partial charge in [-0.1, -0.05) is 0 Å². The molecule has 0 fully saturated rings. The van der Waals surface area contributed by atoms with Gasteiger partial charge in [0.15, 0.2) is 0 Å². The number of halogens is 2. The van der Waals surface area contributed by atoms with E-state index >= 15 is 0 Å². The first kappa shape index (κ1) is 35.8. The van der Waals surface area contributed by atoms with Crippen molar-refractivity contribution in [2.45, 2.75) is 122 Å². The van der Waals surface area contributed by atoms with Crippen LogP contribution in [0.4, 0.5) is 0 Å². The zero-order chi connectivity index (χ0) is 28.3. The van der Waals surface area contributed by atoms with E-state index in [1.165, 1.54) is 11.1 Å². The standard InChI is InChI=1S/2C17H23.2CH3.2ClH.H2Si.Zr/c2*1-6-13-7-15-9-14(11(2)3)10-16(12(4)5)17(15)8-13;;;;;;/h2*7-12H,6H2,1-5H3;2*1H3;2*1H;1H2;. The third-order valence-electron chi connectivity index (χ3n) is 9.85. The van der Waals surface area contributed by atoms with Gasteiger partial charge in [-0.3, -0.25) is 0 Å². The maximum Gasteiger partial charge on any atom is -0.147 e. The summed E-state index contributed by atoms with van der Waals surface area (Å²) in [5.41, 5.74) is 16.1. The van der Waals surface area contributed by atoms with Gasteiger partial charge in [0.2, 0.25) is 0 Å². The van der Waals surface area contributed by atoms with Gasteiger partial charge in [0.1, 0.15) is 0 Å². The predicted octanol–water partition coefficient (Wildman–Crippen LogP) is 11.8. The summed E-state index contributed by atoms with van der Waals surface area (Å²) in [5, 5.41) is 0. The number of hydrogen-bond donors (Lipinski definition) is 0. The number of fused-ring (bicyclic) bond motifs is 2. The monoisotopic (exact) mass is 676 g/mol. The Bertz CT molecular complexity index is 1280. The van der Waals surface area contributed by atoms with Gasteiger partial charge in [0.05, 0.1) is 0 Å². The molecule has 0 N–H and O–H groups in total. The van der Waals surface area contributed by atoms with Gasteiger partial charge in [-0.05, 0) is 0 Å². The first-order valence-electron chi connectivity index (χ1n) is 15.4. The van der Waals surface area contributed by atoms with Crippen LogP contribution in [-0.4, -0.2) is 6.88 Å². The molecule has 222 valence electrons. The Morgan fingerprint density at radius 2 is 0.925 bits per heavy atom. The second-order valence-electron chi connectivity index (χ2n) is 14.8. The van der Waals surface area contributed by atoms with E-state index in [0.29, 0.717) is 30.9 Å². The minimum Gasteiger partial charge on any atom is -0.147 e. The van der Waals surface area contributed by atoms with Crippen molar-refractivity contribution in [2.24, 2.45) is 0 Å². The second kappa shape index (κ2) is 12.7. The maximum atomic E-state index is 2.82. The van der Waals surface area contributed by atoms with Crippen LogP contribution in [0.15, 0.2) is 35.4 Å². The Kier molecular flexibility index (Phi) is 11.3. The molecule has 0 spiro atoms. The first-order valence-corrected chi connectivity index (χ1v) is 29.1. The molecule has 0 saturated carbocycles. The predicted molar refractivity (Wildman–Crippen MR) is 186 cm³/mol. The zero-order valence-electron chi connectivity index (χ0n) is 27.4. The molecule has 4 heteroatoms. The van der Waals surface area contributed by atoms with Crippen LogP contribution in [0.5, 0.6) is 0 Å². The van der Waals surface area contributed by atoms with E-state index in [4.69, 9.17) is 0 Å². The SMILES string of the molecule is CCC1=Cc2c(C(C)C)cc(C(C)C)cc2[CH]1[Zr]([CH3])([CH3])(=[SiH2])[CH]1C(CC)=Cc2c(C(C)C)cc(C(C)C)cc21.Cl.Cl. The zero-order valence-corrected chi connectivity index (χ0v) is 32.9. The van der Waals surface area contributed by atoms with E-state index in [1.807, 2.05) is 0 Å². The Hall–Kier alpha value is -0.400. The summed E-state index contributed by atoms with van der Waals surface area (Å²) in [6, 6.07) is 10.3. The largest absolute Gasteiger partial charge is 0.147 e. The number of rotatable bonds is 8. The summed E-state index contributed by atoms with van der Waals surface area (Å²) in [6.45, 7) is 26.3. The van der Waals surface area contributed by atoms with Crippen molar-refractivity contribution in [1.82, 2.24) is 0 Å². The molecule has 2 unspecified atom stereocenters. The molecule has 0 heterocycles. The summed E-state index contributed by atoms with van der Waals surface area (Å²) in [6.07, 6.45) is 7.60. The fraction of sp³-hybridized carbons (Fsp3) is 0.556. The third-order valence-corrected chi connectivity index (χ3v) is 27.4. The molecule has 0 bridgehead atoms. The van der Waals surface area contributed by atoms with Crippen LogP contribution >= 0.6 is 24.8 Å². The molecule has 0 nitrogen and oxygen atoms in total. The third kappa shape index (κ3) is 6.00. The number of allylic oxidation sites excluding steroid dienone is 2. The van der Waals surface area contributed by atoms with Gasteiger partial charge in [-0.25, -0.2) is 0 Å². The fourth-order valence-electron chi connectivity index (χ4n) is 7.83. The molecule has 0 radical (unpaired) electrons. The smallest absolute Gasteiger partial charge is 0.147 e. The summed E-state index contributed by atoms with van der Waals surface area (Å²) >= 11 is -3.55. The van der Waals surface area contributed by atoms with Crippen molar-refractivity contribution < 1.29 is 17.4 Å². The van der Waals surface area contributed by atoms with Crippen molar-refractivity contribution in [3.63, 3.8) is 0 Å². The molecule has 0 saturated heterocycles. The van der Waals surface area contributed by atoms with Gasteiger partial charge in [-0.15, -0.1) is 24.8 Å². The van der Waals surface area contributed by atoms with Crippen molar-refractivity contribution in [3.8, 4) is 0 Å². The van der Waals surface area contributed by atoms with Gasteiger partial charge in [0, 0.05) is 0 Å². The Labute approximate surface area is 261 Å². The molecule has 0 aliphatic heterocycles. The molecular weight excluding hydrogens is 623 g/mol. The maximum absolute atomic E-state index is 3.55. The summed E-state index contributed by atoms with van der Waals surface area (Å²) in [4.78, 5) is 0. The molecule has 2 aliphatic rings.